The van der Waals surface area contributed by atoms with Crippen LogP contribution in [0.2, 0.25) is 0 Å². The van der Waals surface area contributed by atoms with Gasteiger partial charge >= 0.3 is 0 Å². The van der Waals surface area contributed by atoms with E-state index in [9.17, 15) is 9.18 Å². The molecule has 23 heavy (non-hydrogen) atoms. The number of aryl methyl sites for hydroxylation is 1. The molecular formula is C18H20ClFN2O. The number of carbonyl (C=O) groups is 1. The molecule has 0 saturated carbocycles. The summed E-state index contributed by atoms with van der Waals surface area (Å²) in [7, 11) is 0. The number of hydrogen-bond acceptors (Lipinski definition) is 2. The van der Waals surface area contributed by atoms with Crippen molar-refractivity contribution < 1.29 is 9.18 Å². The number of benzene rings is 2. The third-order valence-electron chi connectivity index (χ3n) is 4.31. The Bertz CT molecular complexity index is 693. The van der Waals surface area contributed by atoms with Gasteiger partial charge in [-0.2, -0.15) is 0 Å². The van der Waals surface area contributed by atoms with Gasteiger partial charge in [-0.25, -0.2) is 4.39 Å². The monoisotopic (exact) mass is 334 g/mol. The van der Waals surface area contributed by atoms with Crippen LogP contribution in [0.5, 0.6) is 0 Å². The van der Waals surface area contributed by atoms with E-state index in [1.807, 2.05) is 37.3 Å². The zero-order valence-corrected chi connectivity index (χ0v) is 13.7. The number of carbonyl (C=O) groups excluding carboxylic acids is 1. The van der Waals surface area contributed by atoms with E-state index in [0.29, 0.717) is 18.7 Å². The first-order valence-electron chi connectivity index (χ1n) is 7.42. The summed E-state index contributed by atoms with van der Waals surface area (Å²) in [4.78, 5) is 14.4. The molecule has 122 valence electrons. The molecule has 3 nitrogen and oxygen atoms in total. The average Bonchev–Trinajstić information content (AvgIpc) is 2.92. The number of nitrogens with two attached hydrogens (primary N) is 1. The van der Waals surface area contributed by atoms with E-state index in [1.54, 1.807) is 11.0 Å². The molecule has 0 aromatic heterocycles. The van der Waals surface area contributed by atoms with Crippen LogP contribution in [-0.2, 0) is 0 Å². The summed E-state index contributed by atoms with van der Waals surface area (Å²) in [6, 6.07) is 14.2. The predicted molar refractivity (Wildman–Crippen MR) is 91.4 cm³/mol. The Morgan fingerprint density at radius 1 is 1.17 bits per heavy atom. The minimum Gasteiger partial charge on any atom is -0.336 e. The van der Waals surface area contributed by atoms with Crippen LogP contribution in [0.15, 0.2) is 48.5 Å². The Morgan fingerprint density at radius 3 is 2.57 bits per heavy atom. The smallest absolute Gasteiger partial charge is 0.254 e. The van der Waals surface area contributed by atoms with Crippen molar-refractivity contribution in [2.75, 3.05) is 13.1 Å². The molecule has 0 spiro atoms. The van der Waals surface area contributed by atoms with Crippen molar-refractivity contribution in [1.29, 1.82) is 0 Å². The second-order valence-electron chi connectivity index (χ2n) is 5.85. The molecule has 1 fully saturated rings. The van der Waals surface area contributed by atoms with Gasteiger partial charge in [0.1, 0.15) is 5.82 Å². The number of amides is 1. The minimum absolute atomic E-state index is 0. The molecule has 1 aliphatic rings. The molecule has 3 rings (SSSR count). The highest BCUT2D eigenvalue weighted by Crippen LogP contribution is 2.28. The van der Waals surface area contributed by atoms with Gasteiger partial charge in [0.05, 0.1) is 0 Å². The van der Waals surface area contributed by atoms with E-state index in [-0.39, 0.29) is 30.3 Å². The summed E-state index contributed by atoms with van der Waals surface area (Å²) in [5.41, 5.74) is 8.56. The fraction of sp³-hybridized carbons (Fsp3) is 0.278. The van der Waals surface area contributed by atoms with Crippen LogP contribution in [0.4, 0.5) is 4.39 Å². The first kappa shape index (κ1) is 17.4. The van der Waals surface area contributed by atoms with Gasteiger partial charge in [-0.1, -0.05) is 36.4 Å². The third kappa shape index (κ3) is 3.54. The van der Waals surface area contributed by atoms with E-state index in [0.717, 1.165) is 11.1 Å². The summed E-state index contributed by atoms with van der Waals surface area (Å²) in [6.07, 6.45) is 0. The van der Waals surface area contributed by atoms with E-state index in [1.165, 1.54) is 12.1 Å². The summed E-state index contributed by atoms with van der Waals surface area (Å²) >= 11 is 0. The lowest BCUT2D eigenvalue weighted by molar-refractivity contribution is 0.0788. The van der Waals surface area contributed by atoms with Gasteiger partial charge in [-0.15, -0.1) is 12.4 Å². The van der Waals surface area contributed by atoms with E-state index in [2.05, 4.69) is 0 Å². The first-order chi connectivity index (χ1) is 10.6. The van der Waals surface area contributed by atoms with Gasteiger partial charge in [-0.3, -0.25) is 4.79 Å². The highest BCUT2D eigenvalue weighted by atomic mass is 35.5. The molecule has 0 bridgehead atoms. The number of halogens is 2. The van der Waals surface area contributed by atoms with Gasteiger partial charge in [0.2, 0.25) is 0 Å². The Labute approximate surface area is 141 Å². The van der Waals surface area contributed by atoms with Crippen LogP contribution in [0.3, 0.4) is 0 Å². The van der Waals surface area contributed by atoms with Crippen LogP contribution in [0.1, 0.15) is 27.4 Å². The SMILES string of the molecule is Cc1ccc(F)cc1C(=O)N1C[C@@H](N)[C@H](c2ccccc2)C1.Cl. The van der Waals surface area contributed by atoms with E-state index >= 15 is 0 Å². The van der Waals surface area contributed by atoms with E-state index < -0.39 is 5.82 Å². The van der Waals surface area contributed by atoms with E-state index in [4.69, 9.17) is 5.73 Å². The Morgan fingerprint density at radius 2 is 1.87 bits per heavy atom. The lowest BCUT2D eigenvalue weighted by atomic mass is 9.95. The highest BCUT2D eigenvalue weighted by molar-refractivity contribution is 5.96. The number of nitrogens with zero attached hydrogens (tertiary/aromatic N) is 1. The predicted octanol–water partition coefficient (Wildman–Crippen LogP) is 3.12. The molecular weight excluding hydrogens is 315 g/mol. The number of likely N-dealkylation sites (tertiary alicyclic amines) is 1. The van der Waals surface area contributed by atoms with Crippen molar-refractivity contribution in [2.45, 2.75) is 18.9 Å². The molecule has 1 heterocycles. The normalized spacial score (nSPS) is 20.2. The van der Waals surface area contributed by atoms with Gasteiger partial charge in [0.25, 0.3) is 5.91 Å². The fourth-order valence-corrected chi connectivity index (χ4v) is 3.04. The second kappa shape index (κ2) is 7.11. The topological polar surface area (TPSA) is 46.3 Å². The number of hydrogen-bond donors (Lipinski definition) is 1. The maximum Gasteiger partial charge on any atom is 0.254 e. The summed E-state index contributed by atoms with van der Waals surface area (Å²) in [5, 5.41) is 0. The quantitative estimate of drug-likeness (QED) is 0.917. The average molecular weight is 335 g/mol. The lowest BCUT2D eigenvalue weighted by Gasteiger charge is -2.18. The molecule has 1 saturated heterocycles. The van der Waals surface area contributed by atoms with Crippen LogP contribution in [0, 0.1) is 12.7 Å². The van der Waals surface area contributed by atoms with Gasteiger partial charge in [-0.05, 0) is 30.2 Å². The van der Waals surface area contributed by atoms with Crippen LogP contribution >= 0.6 is 12.4 Å². The zero-order valence-electron chi connectivity index (χ0n) is 12.9. The molecule has 2 aromatic rings. The molecule has 1 aliphatic heterocycles. The van der Waals surface area contributed by atoms with Crippen molar-refractivity contribution in [2.24, 2.45) is 5.73 Å². The highest BCUT2D eigenvalue weighted by Gasteiger charge is 2.34. The molecule has 2 N–H and O–H groups in total. The second-order valence-corrected chi connectivity index (χ2v) is 5.85. The molecule has 1 amide bonds. The largest absolute Gasteiger partial charge is 0.336 e. The van der Waals surface area contributed by atoms with Crippen molar-refractivity contribution in [1.82, 2.24) is 4.90 Å². The van der Waals surface area contributed by atoms with Gasteiger partial charge < -0.3 is 10.6 Å². The van der Waals surface area contributed by atoms with Crippen molar-refractivity contribution >= 4 is 18.3 Å². The van der Waals surface area contributed by atoms with Gasteiger partial charge in [0.15, 0.2) is 0 Å². The lowest BCUT2D eigenvalue weighted by Crippen LogP contribution is -2.32. The Hall–Kier alpha value is -1.91. The molecule has 2 atom stereocenters. The fourth-order valence-electron chi connectivity index (χ4n) is 3.04. The number of rotatable bonds is 2. The first-order valence-corrected chi connectivity index (χ1v) is 7.42. The zero-order chi connectivity index (χ0) is 15.7. The van der Waals surface area contributed by atoms with Crippen LogP contribution in [0.25, 0.3) is 0 Å². The Balaban J connectivity index is 0.00000192. The summed E-state index contributed by atoms with van der Waals surface area (Å²) < 4.78 is 13.4. The summed E-state index contributed by atoms with van der Waals surface area (Å²) in [6.45, 7) is 2.88. The molecule has 5 heteroatoms. The molecule has 0 unspecified atom stereocenters. The maximum atomic E-state index is 13.4. The van der Waals surface area contributed by atoms with Crippen molar-refractivity contribution in [3.63, 3.8) is 0 Å². The van der Waals surface area contributed by atoms with Crippen molar-refractivity contribution in [3.05, 3.63) is 71.0 Å². The van der Waals surface area contributed by atoms with Crippen LogP contribution < -0.4 is 5.73 Å². The Kier molecular flexibility index (Phi) is 5.39. The molecule has 0 radical (unpaired) electrons. The van der Waals surface area contributed by atoms with Crippen LogP contribution in [-0.4, -0.2) is 29.9 Å². The maximum absolute atomic E-state index is 13.4. The third-order valence-corrected chi connectivity index (χ3v) is 4.31. The summed E-state index contributed by atoms with van der Waals surface area (Å²) in [5.74, 6) is -0.415. The van der Waals surface area contributed by atoms with Gasteiger partial charge in [0, 0.05) is 30.6 Å². The molecule has 2 aromatic carbocycles. The standard InChI is InChI=1S/C18H19FN2O.ClH/c1-12-7-8-14(19)9-15(12)18(22)21-10-16(17(20)11-21)13-5-3-2-4-6-13;/h2-9,16-17H,10-11,20H2,1H3;1H/t16-,17+;/m0./s1. The van der Waals surface area contributed by atoms with Crippen molar-refractivity contribution in [3.8, 4) is 0 Å². The minimum atomic E-state index is -0.392. The molecule has 0 aliphatic carbocycles.